The van der Waals surface area contributed by atoms with Crippen molar-refractivity contribution in [2.45, 2.75) is 25.7 Å². The molecule has 7 heteroatoms. The third-order valence-electron chi connectivity index (χ3n) is 2.80. The molecule has 112 valence electrons. The predicted octanol–water partition coefficient (Wildman–Crippen LogP) is 2.58. The highest BCUT2D eigenvalue weighted by Gasteiger charge is 2.51. The van der Waals surface area contributed by atoms with Crippen LogP contribution in [0.3, 0.4) is 0 Å². The van der Waals surface area contributed by atoms with Gasteiger partial charge < -0.3 is 10.6 Å². The minimum atomic E-state index is -4.71. The third kappa shape index (κ3) is 3.47. The van der Waals surface area contributed by atoms with Crippen LogP contribution < -0.4 is 10.6 Å². The van der Waals surface area contributed by atoms with E-state index in [1.54, 1.807) is 25.1 Å². The molecule has 0 radical (unpaired) electrons. The number of nitrogens with zero attached hydrogens (tertiary/aromatic N) is 1. The second-order valence-electron chi connectivity index (χ2n) is 4.31. The zero-order valence-corrected chi connectivity index (χ0v) is 11.0. The zero-order chi connectivity index (χ0) is 15.3. The number of aryl methyl sites for hydroxylation is 1. The molecule has 0 aromatic heterocycles. The van der Waals surface area contributed by atoms with Crippen molar-refractivity contribution in [3.8, 4) is 0 Å². The van der Waals surface area contributed by atoms with Gasteiger partial charge in [-0.25, -0.2) is 8.78 Å². The first-order chi connectivity index (χ1) is 9.32. The standard InChI is InChI=1S/C13H16F4N2O/c1-9-5-2-3-6-10(9)19(8-4-7-18)12(20)13(16,17)11(14)15/h2-3,5-6,11H,4,7-8,18H2,1H3. The number of benzene rings is 1. The molecule has 0 heterocycles. The Hall–Kier alpha value is -1.63. The third-order valence-corrected chi connectivity index (χ3v) is 2.80. The zero-order valence-electron chi connectivity index (χ0n) is 11.0. The van der Waals surface area contributed by atoms with Crippen molar-refractivity contribution in [1.29, 1.82) is 0 Å². The molecule has 0 saturated carbocycles. The Kier molecular flexibility index (Phi) is 5.50. The molecule has 0 spiro atoms. The molecule has 0 fully saturated rings. The first-order valence-corrected chi connectivity index (χ1v) is 6.06. The van der Waals surface area contributed by atoms with Gasteiger partial charge in [-0.1, -0.05) is 18.2 Å². The molecule has 0 aliphatic carbocycles. The number of carbonyl (C=O) groups is 1. The molecule has 1 aromatic carbocycles. The van der Waals surface area contributed by atoms with Crippen LogP contribution in [0.5, 0.6) is 0 Å². The highest BCUT2D eigenvalue weighted by molar-refractivity contribution is 5.99. The molecule has 0 atom stereocenters. The lowest BCUT2D eigenvalue weighted by atomic mass is 10.1. The molecule has 20 heavy (non-hydrogen) atoms. The van der Waals surface area contributed by atoms with Crippen molar-refractivity contribution in [2.75, 3.05) is 18.0 Å². The topological polar surface area (TPSA) is 46.3 Å². The summed E-state index contributed by atoms with van der Waals surface area (Å²) in [7, 11) is 0. The van der Waals surface area contributed by atoms with Crippen molar-refractivity contribution >= 4 is 11.6 Å². The number of hydrogen-bond acceptors (Lipinski definition) is 2. The Morgan fingerprint density at radius 1 is 1.35 bits per heavy atom. The lowest BCUT2D eigenvalue weighted by Crippen LogP contribution is -2.48. The number of halogens is 4. The lowest BCUT2D eigenvalue weighted by molar-refractivity contribution is -0.166. The maximum absolute atomic E-state index is 13.3. The number of para-hydroxylation sites is 1. The summed E-state index contributed by atoms with van der Waals surface area (Å²) in [5.74, 6) is -6.62. The fourth-order valence-electron chi connectivity index (χ4n) is 1.72. The van der Waals surface area contributed by atoms with E-state index in [9.17, 15) is 22.4 Å². The minimum absolute atomic E-state index is 0.136. The van der Waals surface area contributed by atoms with E-state index in [1.807, 2.05) is 0 Å². The smallest absolute Gasteiger partial charge is 0.330 e. The summed E-state index contributed by atoms with van der Waals surface area (Å²) in [5.41, 5.74) is 6.02. The number of alkyl halides is 4. The van der Waals surface area contributed by atoms with Gasteiger partial charge in [-0.2, -0.15) is 8.78 Å². The predicted molar refractivity (Wildman–Crippen MR) is 68.2 cm³/mol. The van der Waals surface area contributed by atoms with E-state index in [1.165, 1.54) is 6.07 Å². The van der Waals surface area contributed by atoms with Crippen molar-refractivity contribution in [3.05, 3.63) is 29.8 Å². The van der Waals surface area contributed by atoms with Gasteiger partial charge in [-0.05, 0) is 31.5 Å². The summed E-state index contributed by atoms with van der Waals surface area (Å²) < 4.78 is 51.2. The van der Waals surface area contributed by atoms with Crippen LogP contribution in [-0.4, -0.2) is 31.3 Å². The summed E-state index contributed by atoms with van der Waals surface area (Å²) in [6, 6.07) is 6.26. The molecule has 0 saturated heterocycles. The second-order valence-corrected chi connectivity index (χ2v) is 4.31. The molecule has 1 rings (SSSR count). The van der Waals surface area contributed by atoms with Gasteiger partial charge in [0.25, 0.3) is 0 Å². The van der Waals surface area contributed by atoms with Gasteiger partial charge in [-0.3, -0.25) is 4.79 Å². The number of anilines is 1. The van der Waals surface area contributed by atoms with E-state index in [0.717, 1.165) is 0 Å². The van der Waals surface area contributed by atoms with E-state index in [4.69, 9.17) is 5.73 Å². The van der Waals surface area contributed by atoms with Crippen LogP contribution in [0, 0.1) is 6.92 Å². The van der Waals surface area contributed by atoms with Gasteiger partial charge in [0.2, 0.25) is 0 Å². The number of amides is 1. The second kappa shape index (κ2) is 6.69. The van der Waals surface area contributed by atoms with E-state index < -0.39 is 18.3 Å². The van der Waals surface area contributed by atoms with Gasteiger partial charge in [0.1, 0.15) is 0 Å². The summed E-state index contributed by atoms with van der Waals surface area (Å²) in [6.45, 7) is 1.64. The van der Waals surface area contributed by atoms with E-state index in [2.05, 4.69) is 0 Å². The molecule has 1 aromatic rings. The van der Waals surface area contributed by atoms with Gasteiger partial charge in [-0.15, -0.1) is 0 Å². The SMILES string of the molecule is Cc1ccccc1N(CCCN)C(=O)C(F)(F)C(F)F. The normalized spacial score (nSPS) is 11.8. The van der Waals surface area contributed by atoms with Crippen LogP contribution in [0.1, 0.15) is 12.0 Å². The van der Waals surface area contributed by atoms with E-state index >= 15 is 0 Å². The highest BCUT2D eigenvalue weighted by Crippen LogP contribution is 2.29. The minimum Gasteiger partial charge on any atom is -0.330 e. The molecule has 0 aliphatic rings. The van der Waals surface area contributed by atoms with Crippen LogP contribution >= 0.6 is 0 Å². The van der Waals surface area contributed by atoms with Crippen molar-refractivity contribution in [1.82, 2.24) is 0 Å². The number of carbonyl (C=O) groups excluding carboxylic acids is 1. The van der Waals surface area contributed by atoms with Gasteiger partial charge in [0.05, 0.1) is 0 Å². The highest BCUT2D eigenvalue weighted by atomic mass is 19.3. The van der Waals surface area contributed by atoms with Crippen molar-refractivity contribution in [2.24, 2.45) is 5.73 Å². The van der Waals surface area contributed by atoms with Crippen LogP contribution in [0.15, 0.2) is 24.3 Å². The molecule has 0 bridgehead atoms. The Bertz CT molecular complexity index is 465. The van der Waals surface area contributed by atoms with Gasteiger partial charge in [0, 0.05) is 12.2 Å². The van der Waals surface area contributed by atoms with Crippen molar-refractivity contribution in [3.63, 3.8) is 0 Å². The summed E-state index contributed by atoms with van der Waals surface area (Å²) in [6.07, 6.45) is -3.81. The maximum atomic E-state index is 13.3. The van der Waals surface area contributed by atoms with E-state index in [-0.39, 0.29) is 25.2 Å². The molecule has 1 amide bonds. The van der Waals surface area contributed by atoms with Gasteiger partial charge in [0.15, 0.2) is 0 Å². The molecule has 2 N–H and O–H groups in total. The van der Waals surface area contributed by atoms with Crippen LogP contribution in [0.2, 0.25) is 0 Å². The molecule has 3 nitrogen and oxygen atoms in total. The van der Waals surface area contributed by atoms with Crippen LogP contribution in [0.4, 0.5) is 23.2 Å². The summed E-state index contributed by atoms with van der Waals surface area (Å²) in [5, 5.41) is 0. The van der Waals surface area contributed by atoms with E-state index in [0.29, 0.717) is 10.5 Å². The van der Waals surface area contributed by atoms with Gasteiger partial charge >= 0.3 is 18.3 Å². The Morgan fingerprint density at radius 3 is 2.45 bits per heavy atom. The average molecular weight is 292 g/mol. The Labute approximate surface area is 114 Å². The number of hydrogen-bond donors (Lipinski definition) is 1. The average Bonchev–Trinajstić information content (AvgIpc) is 2.40. The maximum Gasteiger partial charge on any atom is 0.384 e. The van der Waals surface area contributed by atoms with Crippen molar-refractivity contribution < 1.29 is 22.4 Å². The molecular weight excluding hydrogens is 276 g/mol. The first-order valence-electron chi connectivity index (χ1n) is 6.06. The number of rotatable bonds is 6. The molecule has 0 unspecified atom stereocenters. The fraction of sp³-hybridized carbons (Fsp3) is 0.462. The lowest BCUT2D eigenvalue weighted by Gasteiger charge is -2.28. The van der Waals surface area contributed by atoms with Crippen LogP contribution in [-0.2, 0) is 4.79 Å². The molecular formula is C13H16F4N2O. The fourth-order valence-corrected chi connectivity index (χ4v) is 1.72. The summed E-state index contributed by atoms with van der Waals surface area (Å²) in [4.78, 5) is 12.4. The van der Waals surface area contributed by atoms with Crippen LogP contribution in [0.25, 0.3) is 0 Å². The number of nitrogens with two attached hydrogens (primary N) is 1. The Morgan fingerprint density at radius 2 is 1.95 bits per heavy atom. The largest absolute Gasteiger partial charge is 0.384 e. The molecule has 0 aliphatic heterocycles. The quantitative estimate of drug-likeness (QED) is 0.819. The Balaban J connectivity index is 3.13. The monoisotopic (exact) mass is 292 g/mol. The first kappa shape index (κ1) is 16.4. The summed E-state index contributed by atoms with van der Waals surface area (Å²) >= 11 is 0.